The van der Waals surface area contributed by atoms with Crippen LogP contribution in [-0.4, -0.2) is 4.98 Å². The van der Waals surface area contributed by atoms with Gasteiger partial charge in [-0.15, -0.1) is 0 Å². The Kier molecular flexibility index (Phi) is 4.38. The molecule has 0 aliphatic carbocycles. The molecule has 45 heavy (non-hydrogen) atoms. The third-order valence-electron chi connectivity index (χ3n) is 10.3. The van der Waals surface area contributed by atoms with Crippen molar-refractivity contribution in [3.05, 3.63) is 146 Å². The van der Waals surface area contributed by atoms with Crippen LogP contribution in [0.25, 0.3) is 109 Å². The molecule has 0 radical (unpaired) electrons. The van der Waals surface area contributed by atoms with Gasteiger partial charge in [-0.3, -0.25) is 0 Å². The summed E-state index contributed by atoms with van der Waals surface area (Å²) in [4.78, 5) is 3.88. The molecule has 0 aliphatic rings. The Labute approximate surface area is 258 Å². The number of benzene rings is 10. The third-order valence-corrected chi connectivity index (χ3v) is 10.3. The van der Waals surface area contributed by atoms with E-state index in [1.165, 1.54) is 109 Å². The summed E-state index contributed by atoms with van der Waals surface area (Å²) in [5.41, 5.74) is 7.40. The van der Waals surface area contributed by atoms with Crippen molar-refractivity contribution >= 4 is 86.4 Å². The van der Waals surface area contributed by atoms with Crippen LogP contribution in [0.15, 0.2) is 146 Å². The highest BCUT2D eigenvalue weighted by Crippen LogP contribution is 2.48. The van der Waals surface area contributed by atoms with Crippen molar-refractivity contribution in [2.75, 3.05) is 0 Å². The van der Waals surface area contributed by atoms with Gasteiger partial charge in [0.15, 0.2) is 0 Å². The molecular weight excluding hydrogens is 542 g/mol. The first-order valence-electron chi connectivity index (χ1n) is 15.7. The fourth-order valence-electron chi connectivity index (χ4n) is 8.35. The first-order chi connectivity index (χ1) is 22.3. The summed E-state index contributed by atoms with van der Waals surface area (Å²) in [6.45, 7) is 0. The molecule has 0 saturated carbocycles. The molecule has 0 spiro atoms. The lowest BCUT2D eigenvalue weighted by atomic mass is 9.84. The van der Waals surface area contributed by atoms with Crippen molar-refractivity contribution < 1.29 is 0 Å². The highest BCUT2D eigenvalue weighted by Gasteiger charge is 2.21. The van der Waals surface area contributed by atoms with E-state index >= 15 is 0 Å². The lowest BCUT2D eigenvalue weighted by Gasteiger charge is -2.19. The summed E-state index contributed by atoms with van der Waals surface area (Å²) >= 11 is 0. The van der Waals surface area contributed by atoms with Gasteiger partial charge in [0.1, 0.15) is 0 Å². The monoisotopic (exact) mass is 567 g/mol. The number of H-pyrrole nitrogens is 1. The smallest absolute Gasteiger partial charge is 0.0551 e. The van der Waals surface area contributed by atoms with Crippen LogP contribution < -0.4 is 0 Å². The van der Waals surface area contributed by atoms with E-state index in [0.717, 1.165) is 0 Å². The van der Waals surface area contributed by atoms with E-state index < -0.39 is 0 Å². The predicted octanol–water partition coefficient (Wildman–Crippen LogP) is 12.4. The van der Waals surface area contributed by atoms with Gasteiger partial charge in [0.2, 0.25) is 0 Å². The normalized spacial score (nSPS) is 12.4. The number of aromatic nitrogens is 1. The second kappa shape index (κ2) is 8.37. The van der Waals surface area contributed by atoms with Gasteiger partial charge in [-0.1, -0.05) is 140 Å². The fraction of sp³-hybridized carbons (Fsp3) is 0. The molecule has 0 fully saturated rings. The summed E-state index contributed by atoms with van der Waals surface area (Å²) in [5, 5.41) is 18.2. The van der Waals surface area contributed by atoms with E-state index in [-0.39, 0.29) is 0 Å². The van der Waals surface area contributed by atoms with E-state index in [0.29, 0.717) is 0 Å². The predicted molar refractivity (Wildman–Crippen MR) is 194 cm³/mol. The molecule has 11 rings (SSSR count). The number of nitrogens with one attached hydrogen (secondary N) is 1. The lowest BCUT2D eigenvalue weighted by molar-refractivity contribution is 1.54. The summed E-state index contributed by atoms with van der Waals surface area (Å²) < 4.78 is 0. The first kappa shape index (κ1) is 23.5. The van der Waals surface area contributed by atoms with Crippen molar-refractivity contribution in [1.29, 1.82) is 0 Å². The number of hydrogen-bond acceptors (Lipinski definition) is 0. The highest BCUT2D eigenvalue weighted by atomic mass is 14.7. The van der Waals surface area contributed by atoms with Crippen LogP contribution in [0.4, 0.5) is 0 Å². The third kappa shape index (κ3) is 3.02. The van der Waals surface area contributed by atoms with E-state index in [9.17, 15) is 0 Å². The fourth-order valence-corrected chi connectivity index (χ4v) is 8.35. The van der Waals surface area contributed by atoms with E-state index in [1.54, 1.807) is 0 Å². The van der Waals surface area contributed by atoms with Gasteiger partial charge >= 0.3 is 0 Å². The topological polar surface area (TPSA) is 15.8 Å². The zero-order valence-electron chi connectivity index (χ0n) is 24.4. The zero-order valence-corrected chi connectivity index (χ0v) is 24.4. The summed E-state index contributed by atoms with van der Waals surface area (Å²) in [6, 6.07) is 54.3. The maximum Gasteiger partial charge on any atom is 0.0551 e. The van der Waals surface area contributed by atoms with Gasteiger partial charge in [-0.25, -0.2) is 0 Å². The average Bonchev–Trinajstić information content (AvgIpc) is 3.48. The minimum absolute atomic E-state index is 1.17. The quantitative estimate of drug-likeness (QED) is 0.200. The van der Waals surface area contributed by atoms with Crippen molar-refractivity contribution in [1.82, 2.24) is 4.98 Å². The van der Waals surface area contributed by atoms with Gasteiger partial charge in [-0.2, -0.15) is 0 Å². The number of para-hydroxylation sites is 1. The van der Waals surface area contributed by atoms with E-state index in [1.807, 2.05) is 0 Å². The molecule has 1 aromatic heterocycles. The Balaban J connectivity index is 1.33. The van der Waals surface area contributed by atoms with Crippen LogP contribution >= 0.6 is 0 Å². The Hall–Kier alpha value is -5.92. The van der Waals surface area contributed by atoms with Crippen molar-refractivity contribution in [3.8, 4) is 22.3 Å². The number of rotatable bonds is 2. The summed E-state index contributed by atoms with van der Waals surface area (Å²) in [6.07, 6.45) is 0. The van der Waals surface area contributed by atoms with Crippen molar-refractivity contribution in [2.24, 2.45) is 0 Å². The first-order valence-corrected chi connectivity index (χ1v) is 15.7. The molecule has 11 aromatic rings. The molecule has 0 unspecified atom stereocenters. The Morgan fingerprint density at radius 2 is 0.756 bits per heavy atom. The van der Waals surface area contributed by atoms with Crippen LogP contribution in [-0.2, 0) is 0 Å². The number of aromatic amines is 1. The van der Waals surface area contributed by atoms with Gasteiger partial charge in [0.25, 0.3) is 0 Å². The second-order valence-electron chi connectivity index (χ2n) is 12.5. The molecule has 1 heterocycles. The largest absolute Gasteiger partial charge is 0.354 e. The number of hydrogen-bond donors (Lipinski definition) is 1. The van der Waals surface area contributed by atoms with E-state index in [2.05, 4.69) is 151 Å². The molecule has 1 nitrogen and oxygen atoms in total. The molecule has 1 N–H and O–H groups in total. The van der Waals surface area contributed by atoms with Crippen molar-refractivity contribution in [3.63, 3.8) is 0 Å². The van der Waals surface area contributed by atoms with Crippen LogP contribution in [0.3, 0.4) is 0 Å². The summed E-state index contributed by atoms with van der Waals surface area (Å²) in [7, 11) is 0. The van der Waals surface area contributed by atoms with Gasteiger partial charge in [0.05, 0.1) is 5.52 Å². The Morgan fingerprint density at radius 3 is 1.40 bits per heavy atom. The van der Waals surface area contributed by atoms with Crippen LogP contribution in [0.5, 0.6) is 0 Å². The number of fused-ring (bicyclic) bond motifs is 3. The molecule has 206 valence electrons. The standard InChI is InChI=1S/C44H25N/c1-2-10-38-32(9-1)37-24-23-34(31-19-15-29-13-11-25-5-3-7-27-16-20-33(31)41(29)39(25)27)43(44(37)45-38)36-22-18-30-14-12-26-6-4-8-28-17-21-35(36)42(30)40(26)28/h1-24,45H. The molecule has 0 atom stereocenters. The molecule has 10 aromatic carbocycles. The maximum atomic E-state index is 3.88. The maximum absolute atomic E-state index is 3.88. The van der Waals surface area contributed by atoms with Gasteiger partial charge in [-0.05, 0) is 87.4 Å². The van der Waals surface area contributed by atoms with Gasteiger partial charge < -0.3 is 4.98 Å². The van der Waals surface area contributed by atoms with Crippen molar-refractivity contribution in [2.45, 2.75) is 0 Å². The highest BCUT2D eigenvalue weighted by molar-refractivity contribution is 6.29. The van der Waals surface area contributed by atoms with Crippen LogP contribution in [0, 0.1) is 0 Å². The molecule has 1 heteroatoms. The van der Waals surface area contributed by atoms with Crippen LogP contribution in [0.2, 0.25) is 0 Å². The molecule has 0 bridgehead atoms. The Morgan fingerprint density at radius 1 is 0.289 bits per heavy atom. The lowest BCUT2D eigenvalue weighted by Crippen LogP contribution is -1.93. The SMILES string of the molecule is c1cc2ccc3ccc(-c4ccc5c([nH]c6ccccc65)c4-c4ccc5ccc6cccc7ccc4c5c67)c4ccc(c1)c2c34. The molecule has 0 aliphatic heterocycles. The Bertz CT molecular complexity index is 2940. The average molecular weight is 568 g/mol. The molecular formula is C44H25N. The van der Waals surface area contributed by atoms with Crippen LogP contribution in [0.1, 0.15) is 0 Å². The summed E-state index contributed by atoms with van der Waals surface area (Å²) in [5.74, 6) is 0. The minimum atomic E-state index is 1.17. The zero-order chi connectivity index (χ0) is 29.2. The minimum Gasteiger partial charge on any atom is -0.354 e. The molecule has 0 saturated heterocycles. The van der Waals surface area contributed by atoms with E-state index in [4.69, 9.17) is 0 Å². The second-order valence-corrected chi connectivity index (χ2v) is 12.5. The molecule has 0 amide bonds. The van der Waals surface area contributed by atoms with Gasteiger partial charge in [0, 0.05) is 21.9 Å².